The zero-order valence-electron chi connectivity index (χ0n) is 23.3. The molecule has 0 rings (SSSR count). The topological polar surface area (TPSA) is 72.8 Å². The van der Waals surface area contributed by atoms with E-state index in [-0.39, 0.29) is 27.6 Å². The van der Waals surface area contributed by atoms with E-state index in [1.165, 1.54) is 38.5 Å². The second-order valence-corrected chi connectivity index (χ2v) is 14.3. The van der Waals surface area contributed by atoms with Crippen LogP contribution in [0.4, 0.5) is 0 Å². The van der Waals surface area contributed by atoms with Gasteiger partial charge < -0.3 is 14.6 Å². The van der Waals surface area contributed by atoms with Crippen LogP contribution in [0.25, 0.3) is 0 Å². The van der Waals surface area contributed by atoms with Crippen LogP contribution >= 0.6 is 0 Å². The summed E-state index contributed by atoms with van der Waals surface area (Å²) in [6.45, 7) is 14.0. The molecule has 202 valence electrons. The van der Waals surface area contributed by atoms with Crippen molar-refractivity contribution in [1.82, 2.24) is 0 Å². The number of ether oxygens (including phenoxy) is 2. The number of unbranched alkanes of at least 4 members (excludes halogenated alkanes) is 6. The van der Waals surface area contributed by atoms with Gasteiger partial charge in [0.05, 0.1) is 19.6 Å². The van der Waals surface area contributed by atoms with Crippen LogP contribution in [0.1, 0.15) is 125 Å². The Balaban J connectivity index is 0. The fourth-order valence-corrected chi connectivity index (χ4v) is 7.31. The van der Waals surface area contributed by atoms with Gasteiger partial charge in [0.2, 0.25) is 0 Å². The van der Waals surface area contributed by atoms with Crippen molar-refractivity contribution in [3.63, 3.8) is 0 Å². The van der Waals surface area contributed by atoms with E-state index in [0.717, 1.165) is 38.5 Å². The van der Waals surface area contributed by atoms with E-state index in [1.807, 2.05) is 0 Å². The van der Waals surface area contributed by atoms with Crippen molar-refractivity contribution < 1.29 is 24.2 Å². The summed E-state index contributed by atoms with van der Waals surface area (Å²) < 4.78 is 13.3. The predicted molar refractivity (Wildman–Crippen MR) is 144 cm³/mol. The standard InChI is InChI=1S/C20H38O5.2C4H9.Sn/c1-16(2)11-7-5-9-13-24-19(22)15-18(21)20(23)25-14-10-6-8-12-17(3)4;2*1-3-4-2;/h16-18,21H,5-15H2,1-4H3;2*1,3-4H2,2H3;. The summed E-state index contributed by atoms with van der Waals surface area (Å²) in [5.74, 6) is 0.0903. The Morgan fingerprint density at radius 3 is 1.62 bits per heavy atom. The van der Waals surface area contributed by atoms with Crippen LogP contribution in [0.3, 0.4) is 0 Å². The molecule has 0 amide bonds. The molecule has 0 fully saturated rings. The summed E-state index contributed by atoms with van der Waals surface area (Å²) in [7, 11) is 0. The summed E-state index contributed by atoms with van der Waals surface area (Å²) >= 11 is 0.149. The number of carbonyl (C=O) groups excluding carboxylic acids is 2. The van der Waals surface area contributed by atoms with Crippen molar-refractivity contribution in [2.75, 3.05) is 13.2 Å². The molecule has 0 aromatic carbocycles. The number of esters is 2. The first kappa shape index (κ1) is 35.9. The molecule has 0 saturated carbocycles. The third kappa shape index (κ3) is 29.7. The fourth-order valence-electron chi connectivity index (χ4n) is 3.15. The Bertz CT molecular complexity index is 448. The molecule has 0 aromatic heterocycles. The Labute approximate surface area is 221 Å². The van der Waals surface area contributed by atoms with Gasteiger partial charge in [0.25, 0.3) is 0 Å². The normalized spacial score (nSPS) is 11.8. The number of aliphatic hydroxyl groups excluding tert-OH is 1. The maximum absolute atomic E-state index is 11.6. The fraction of sp³-hybridized carbons (Fsp3) is 0.929. The number of carbonyl (C=O) groups is 2. The van der Waals surface area contributed by atoms with E-state index < -0.39 is 18.0 Å². The zero-order chi connectivity index (χ0) is 26.0. The van der Waals surface area contributed by atoms with E-state index >= 15 is 0 Å². The van der Waals surface area contributed by atoms with E-state index in [2.05, 4.69) is 41.5 Å². The SMILES string of the molecule is CC(C)CCCCCOC(=O)CC(O)C(=O)OCCCCCC(C)C.CCC[CH2][Sn][CH2]CCC. The first-order chi connectivity index (χ1) is 16.2. The Morgan fingerprint density at radius 1 is 0.706 bits per heavy atom. The molecule has 0 bridgehead atoms. The molecule has 5 nitrogen and oxygen atoms in total. The quantitative estimate of drug-likeness (QED) is 0.0857. The van der Waals surface area contributed by atoms with Crippen LogP contribution < -0.4 is 0 Å². The monoisotopic (exact) mass is 592 g/mol. The summed E-state index contributed by atoms with van der Waals surface area (Å²) in [6, 6.07) is 0. The van der Waals surface area contributed by atoms with Crippen molar-refractivity contribution in [3.05, 3.63) is 0 Å². The molecule has 0 aliphatic heterocycles. The Kier molecular flexibility index (Phi) is 28.8. The van der Waals surface area contributed by atoms with E-state index in [4.69, 9.17) is 9.47 Å². The molecular formula is C28H56O5Sn. The summed E-state index contributed by atoms with van der Waals surface area (Å²) in [5.41, 5.74) is 0. The predicted octanol–water partition coefficient (Wildman–Crippen LogP) is 7.38. The molecule has 0 aromatic rings. The first-order valence-corrected chi connectivity index (χ1v) is 18.0. The zero-order valence-corrected chi connectivity index (χ0v) is 26.2. The van der Waals surface area contributed by atoms with E-state index in [9.17, 15) is 14.7 Å². The molecule has 1 N–H and O–H groups in total. The average molecular weight is 591 g/mol. The second-order valence-electron chi connectivity index (χ2n) is 10.1. The van der Waals surface area contributed by atoms with Crippen molar-refractivity contribution in [2.45, 2.75) is 140 Å². The Morgan fingerprint density at radius 2 is 1.18 bits per heavy atom. The van der Waals surface area contributed by atoms with Gasteiger partial charge in [-0.05, 0) is 24.7 Å². The van der Waals surface area contributed by atoms with Crippen molar-refractivity contribution >= 4 is 33.1 Å². The molecule has 6 heteroatoms. The third-order valence-electron chi connectivity index (χ3n) is 5.41. The van der Waals surface area contributed by atoms with Crippen LogP contribution in [-0.4, -0.2) is 57.5 Å². The van der Waals surface area contributed by atoms with Gasteiger partial charge in [0, 0.05) is 0 Å². The van der Waals surface area contributed by atoms with Gasteiger partial charge in [-0.2, -0.15) is 0 Å². The maximum atomic E-state index is 11.6. The molecule has 1 atom stereocenters. The minimum absolute atomic E-state index is 0.149. The van der Waals surface area contributed by atoms with Gasteiger partial charge in [-0.1, -0.05) is 66.2 Å². The van der Waals surface area contributed by atoms with E-state index in [1.54, 1.807) is 8.87 Å². The van der Waals surface area contributed by atoms with Gasteiger partial charge in [-0.25, -0.2) is 4.79 Å². The molecule has 0 heterocycles. The molecular weight excluding hydrogens is 535 g/mol. The molecule has 0 aliphatic rings. The van der Waals surface area contributed by atoms with Crippen molar-refractivity contribution in [1.29, 1.82) is 0 Å². The summed E-state index contributed by atoms with van der Waals surface area (Å²) in [6.07, 6.45) is 12.3. The third-order valence-corrected chi connectivity index (χ3v) is 9.44. The van der Waals surface area contributed by atoms with Crippen LogP contribution in [0.2, 0.25) is 8.87 Å². The minimum atomic E-state index is -1.43. The van der Waals surface area contributed by atoms with Gasteiger partial charge in [0.1, 0.15) is 0 Å². The van der Waals surface area contributed by atoms with Gasteiger partial charge >= 0.3 is 81.5 Å². The van der Waals surface area contributed by atoms with Gasteiger partial charge in [0.15, 0.2) is 6.10 Å². The molecule has 2 radical (unpaired) electrons. The average Bonchev–Trinajstić information content (AvgIpc) is 2.78. The second kappa shape index (κ2) is 27.3. The summed E-state index contributed by atoms with van der Waals surface area (Å²) in [5, 5.41) is 9.69. The van der Waals surface area contributed by atoms with Crippen LogP contribution in [0, 0.1) is 11.8 Å². The number of aliphatic hydroxyl groups is 1. The molecule has 1 unspecified atom stereocenters. The van der Waals surface area contributed by atoms with E-state index in [0.29, 0.717) is 25.0 Å². The number of hydrogen-bond acceptors (Lipinski definition) is 5. The molecule has 0 aliphatic carbocycles. The van der Waals surface area contributed by atoms with Gasteiger partial charge in [-0.15, -0.1) is 0 Å². The number of hydrogen-bond donors (Lipinski definition) is 1. The van der Waals surface area contributed by atoms with Crippen molar-refractivity contribution in [3.8, 4) is 0 Å². The number of rotatable bonds is 21. The van der Waals surface area contributed by atoms with Gasteiger partial charge in [-0.3, -0.25) is 4.79 Å². The molecule has 34 heavy (non-hydrogen) atoms. The molecule has 0 spiro atoms. The van der Waals surface area contributed by atoms with Crippen LogP contribution in [0.15, 0.2) is 0 Å². The Hall–Kier alpha value is -0.301. The molecule has 0 saturated heterocycles. The van der Waals surface area contributed by atoms with Crippen molar-refractivity contribution in [2.24, 2.45) is 11.8 Å². The summed E-state index contributed by atoms with van der Waals surface area (Å²) in [4.78, 5) is 23.2. The van der Waals surface area contributed by atoms with Crippen LogP contribution in [-0.2, 0) is 19.1 Å². The first-order valence-electron chi connectivity index (χ1n) is 13.9. The van der Waals surface area contributed by atoms with Crippen LogP contribution in [0.5, 0.6) is 0 Å².